The van der Waals surface area contributed by atoms with E-state index in [0.29, 0.717) is 0 Å². The standard InChI is InChI=1S/C19H20N2/c1-12-6-5-7-13(2)17(12)19-18-15(10-11-20-19)14-8-3-4-9-16(14)21-18/h3-9,19-21H,10-11H2,1-2H3. The molecule has 2 nitrogen and oxygen atoms in total. The molecule has 1 unspecified atom stereocenters. The molecular formula is C19H20N2. The molecule has 0 radical (unpaired) electrons. The molecule has 0 saturated carbocycles. The number of hydrogen-bond acceptors (Lipinski definition) is 1. The third-order valence-electron chi connectivity index (χ3n) is 4.69. The molecule has 2 aromatic carbocycles. The third kappa shape index (κ3) is 1.90. The van der Waals surface area contributed by atoms with E-state index in [2.05, 4.69) is 66.6 Å². The average Bonchev–Trinajstić information content (AvgIpc) is 2.87. The molecule has 3 aromatic rings. The maximum absolute atomic E-state index is 3.70. The van der Waals surface area contributed by atoms with E-state index >= 15 is 0 Å². The lowest BCUT2D eigenvalue weighted by molar-refractivity contribution is 0.556. The molecule has 1 aliphatic rings. The average molecular weight is 276 g/mol. The molecule has 0 bridgehead atoms. The van der Waals surface area contributed by atoms with Gasteiger partial charge in [-0.2, -0.15) is 0 Å². The number of rotatable bonds is 1. The third-order valence-corrected chi connectivity index (χ3v) is 4.69. The zero-order chi connectivity index (χ0) is 14.4. The van der Waals surface area contributed by atoms with Crippen LogP contribution in [0.25, 0.3) is 10.9 Å². The van der Waals surface area contributed by atoms with Crippen LogP contribution < -0.4 is 5.32 Å². The number of aromatic nitrogens is 1. The normalized spacial score (nSPS) is 17.9. The topological polar surface area (TPSA) is 27.8 Å². The highest BCUT2D eigenvalue weighted by atomic mass is 15.0. The van der Waals surface area contributed by atoms with Crippen LogP contribution in [0.5, 0.6) is 0 Å². The maximum Gasteiger partial charge on any atom is 0.0737 e. The number of fused-ring (bicyclic) bond motifs is 3. The monoisotopic (exact) mass is 276 g/mol. The summed E-state index contributed by atoms with van der Waals surface area (Å²) in [6.07, 6.45) is 1.10. The first-order valence-corrected chi connectivity index (χ1v) is 7.64. The fourth-order valence-electron chi connectivity index (χ4n) is 3.71. The number of benzene rings is 2. The summed E-state index contributed by atoms with van der Waals surface area (Å²) in [6.45, 7) is 5.45. The van der Waals surface area contributed by atoms with E-state index in [1.807, 2.05) is 0 Å². The lowest BCUT2D eigenvalue weighted by Gasteiger charge is -2.27. The van der Waals surface area contributed by atoms with E-state index < -0.39 is 0 Å². The number of aromatic amines is 1. The van der Waals surface area contributed by atoms with E-state index in [9.17, 15) is 0 Å². The molecule has 4 rings (SSSR count). The van der Waals surface area contributed by atoms with Gasteiger partial charge in [-0.3, -0.25) is 0 Å². The highest BCUT2D eigenvalue weighted by molar-refractivity contribution is 5.85. The smallest absolute Gasteiger partial charge is 0.0737 e. The minimum Gasteiger partial charge on any atom is -0.357 e. The number of hydrogen-bond donors (Lipinski definition) is 2. The Kier molecular flexibility index (Phi) is 2.86. The lowest BCUT2D eigenvalue weighted by Crippen LogP contribution is -2.31. The first-order valence-electron chi connectivity index (χ1n) is 7.64. The van der Waals surface area contributed by atoms with Gasteiger partial charge in [-0.15, -0.1) is 0 Å². The Morgan fingerprint density at radius 1 is 0.952 bits per heavy atom. The largest absolute Gasteiger partial charge is 0.357 e. The van der Waals surface area contributed by atoms with Crippen molar-refractivity contribution in [3.8, 4) is 0 Å². The highest BCUT2D eigenvalue weighted by Crippen LogP contribution is 2.35. The van der Waals surface area contributed by atoms with Crippen molar-refractivity contribution in [2.45, 2.75) is 26.3 Å². The molecule has 0 amide bonds. The van der Waals surface area contributed by atoms with E-state index in [0.717, 1.165) is 13.0 Å². The Morgan fingerprint density at radius 3 is 2.52 bits per heavy atom. The van der Waals surface area contributed by atoms with Crippen LogP contribution in [-0.4, -0.2) is 11.5 Å². The first-order chi connectivity index (χ1) is 10.3. The Morgan fingerprint density at radius 2 is 1.71 bits per heavy atom. The quantitative estimate of drug-likeness (QED) is 0.690. The lowest BCUT2D eigenvalue weighted by atomic mass is 9.89. The van der Waals surface area contributed by atoms with E-state index in [1.165, 1.54) is 38.9 Å². The molecule has 0 fully saturated rings. The molecule has 21 heavy (non-hydrogen) atoms. The molecule has 0 aliphatic carbocycles. The van der Waals surface area contributed by atoms with Crippen LogP contribution in [0.3, 0.4) is 0 Å². The van der Waals surface area contributed by atoms with Crippen molar-refractivity contribution in [3.63, 3.8) is 0 Å². The molecule has 2 heteroatoms. The van der Waals surface area contributed by atoms with E-state index in [1.54, 1.807) is 0 Å². The van der Waals surface area contributed by atoms with Gasteiger partial charge >= 0.3 is 0 Å². The summed E-state index contributed by atoms with van der Waals surface area (Å²) in [5.41, 5.74) is 8.22. The minimum atomic E-state index is 0.280. The first kappa shape index (κ1) is 12.7. The van der Waals surface area contributed by atoms with Gasteiger partial charge in [0, 0.05) is 23.1 Å². The molecular weight excluding hydrogens is 256 g/mol. The summed E-state index contributed by atoms with van der Waals surface area (Å²) in [7, 11) is 0. The van der Waals surface area contributed by atoms with Gasteiger partial charge < -0.3 is 10.3 Å². The van der Waals surface area contributed by atoms with Crippen molar-refractivity contribution in [3.05, 3.63) is 70.4 Å². The van der Waals surface area contributed by atoms with Gasteiger partial charge in [-0.25, -0.2) is 0 Å². The number of nitrogens with one attached hydrogen (secondary N) is 2. The Bertz CT molecular complexity index is 793. The summed E-state index contributed by atoms with van der Waals surface area (Å²) in [5, 5.41) is 5.08. The van der Waals surface area contributed by atoms with Gasteiger partial charge in [-0.05, 0) is 48.6 Å². The van der Waals surface area contributed by atoms with Crippen molar-refractivity contribution in [1.29, 1.82) is 0 Å². The van der Waals surface area contributed by atoms with Gasteiger partial charge in [0.15, 0.2) is 0 Å². The number of para-hydroxylation sites is 1. The summed E-state index contributed by atoms with van der Waals surface area (Å²) in [5.74, 6) is 0. The van der Waals surface area contributed by atoms with Crippen LogP contribution >= 0.6 is 0 Å². The number of aryl methyl sites for hydroxylation is 2. The summed E-state index contributed by atoms with van der Waals surface area (Å²) in [6, 6.07) is 15.5. The zero-order valence-corrected chi connectivity index (χ0v) is 12.5. The molecule has 2 N–H and O–H groups in total. The summed E-state index contributed by atoms with van der Waals surface area (Å²) < 4.78 is 0. The second-order valence-corrected chi connectivity index (χ2v) is 6.01. The fourth-order valence-corrected chi connectivity index (χ4v) is 3.71. The van der Waals surface area contributed by atoms with Gasteiger partial charge in [0.05, 0.1) is 6.04 Å². The van der Waals surface area contributed by atoms with Gasteiger partial charge in [0.25, 0.3) is 0 Å². The van der Waals surface area contributed by atoms with E-state index in [4.69, 9.17) is 0 Å². The fraction of sp³-hybridized carbons (Fsp3) is 0.263. The molecule has 1 atom stereocenters. The Hall–Kier alpha value is -2.06. The van der Waals surface area contributed by atoms with Gasteiger partial charge in [0.2, 0.25) is 0 Å². The van der Waals surface area contributed by atoms with Crippen molar-refractivity contribution < 1.29 is 0 Å². The predicted octanol–water partition coefficient (Wildman–Crippen LogP) is 4.02. The minimum absolute atomic E-state index is 0.280. The van der Waals surface area contributed by atoms with Crippen LogP contribution in [0, 0.1) is 13.8 Å². The molecule has 0 spiro atoms. The summed E-state index contributed by atoms with van der Waals surface area (Å²) >= 11 is 0. The van der Waals surface area contributed by atoms with Gasteiger partial charge in [0.1, 0.15) is 0 Å². The second kappa shape index (κ2) is 4.74. The van der Waals surface area contributed by atoms with Crippen molar-refractivity contribution in [2.24, 2.45) is 0 Å². The van der Waals surface area contributed by atoms with E-state index in [-0.39, 0.29) is 6.04 Å². The highest BCUT2D eigenvalue weighted by Gasteiger charge is 2.26. The molecule has 2 heterocycles. The zero-order valence-electron chi connectivity index (χ0n) is 12.5. The maximum atomic E-state index is 3.70. The molecule has 106 valence electrons. The van der Waals surface area contributed by atoms with Crippen molar-refractivity contribution in [1.82, 2.24) is 10.3 Å². The van der Waals surface area contributed by atoms with Crippen LogP contribution in [0.4, 0.5) is 0 Å². The van der Waals surface area contributed by atoms with Crippen LogP contribution in [0.1, 0.15) is 34.0 Å². The van der Waals surface area contributed by atoms with Crippen molar-refractivity contribution in [2.75, 3.05) is 6.54 Å². The van der Waals surface area contributed by atoms with Crippen molar-refractivity contribution >= 4 is 10.9 Å². The van der Waals surface area contributed by atoms with Crippen LogP contribution in [0.2, 0.25) is 0 Å². The summed E-state index contributed by atoms with van der Waals surface area (Å²) in [4.78, 5) is 3.66. The van der Waals surface area contributed by atoms with Crippen LogP contribution in [-0.2, 0) is 6.42 Å². The molecule has 0 saturated heterocycles. The Balaban J connectivity index is 1.95. The SMILES string of the molecule is Cc1cccc(C)c1C1NCCc2c1[nH]c1ccccc21. The predicted molar refractivity (Wildman–Crippen MR) is 87.8 cm³/mol. The Labute approximate surface area is 125 Å². The van der Waals surface area contributed by atoms with Crippen LogP contribution in [0.15, 0.2) is 42.5 Å². The van der Waals surface area contributed by atoms with Gasteiger partial charge in [-0.1, -0.05) is 36.4 Å². The molecule has 1 aromatic heterocycles. The second-order valence-electron chi connectivity index (χ2n) is 6.01. The molecule has 1 aliphatic heterocycles. The number of H-pyrrole nitrogens is 1.